The van der Waals surface area contributed by atoms with Gasteiger partial charge in [-0.15, -0.1) is 0 Å². The van der Waals surface area contributed by atoms with Crippen LogP contribution in [0.3, 0.4) is 0 Å². The zero-order valence-electron chi connectivity index (χ0n) is 13.3. The maximum Gasteiger partial charge on any atom is 0.323 e. The van der Waals surface area contributed by atoms with Crippen molar-refractivity contribution in [2.75, 3.05) is 20.8 Å². The summed E-state index contributed by atoms with van der Waals surface area (Å²) in [6.07, 6.45) is 6.51. The molecule has 0 spiro atoms. The predicted molar refractivity (Wildman–Crippen MR) is 80.8 cm³/mol. The van der Waals surface area contributed by atoms with Crippen LogP contribution in [0.4, 0.5) is 0 Å². The van der Waals surface area contributed by atoms with E-state index in [1.165, 1.54) is 14.2 Å². The Hall–Kier alpha value is -2.11. The number of allylic oxidation sites excluding steroid dienone is 3. The van der Waals surface area contributed by atoms with Gasteiger partial charge in [0.2, 0.25) is 5.91 Å². The number of amides is 1. The number of hydrogen-bond acceptors (Lipinski definition) is 5. The number of carbonyl (C=O) groups is 3. The largest absolute Gasteiger partial charge is 0.468 e. The van der Waals surface area contributed by atoms with E-state index in [0.717, 1.165) is 5.57 Å². The van der Waals surface area contributed by atoms with Crippen LogP contribution in [0.1, 0.15) is 32.6 Å². The van der Waals surface area contributed by atoms with Crippen molar-refractivity contribution in [2.24, 2.45) is 5.41 Å². The fraction of sp³-hybridized carbons (Fsp3) is 0.562. The van der Waals surface area contributed by atoms with Gasteiger partial charge < -0.3 is 14.8 Å². The van der Waals surface area contributed by atoms with E-state index in [1.54, 1.807) is 18.2 Å². The number of carbonyl (C=O) groups excluding carboxylic acids is 3. The first-order chi connectivity index (χ1) is 10.5. The second-order valence-corrected chi connectivity index (χ2v) is 5.30. The second kappa shape index (κ2) is 8.36. The zero-order valence-corrected chi connectivity index (χ0v) is 13.3. The average molecular weight is 309 g/mol. The van der Waals surface area contributed by atoms with E-state index in [4.69, 9.17) is 9.47 Å². The van der Waals surface area contributed by atoms with E-state index in [2.05, 4.69) is 5.32 Å². The van der Waals surface area contributed by atoms with Gasteiger partial charge in [0, 0.05) is 13.0 Å². The number of esters is 2. The molecule has 0 aliphatic carbocycles. The van der Waals surface area contributed by atoms with E-state index < -0.39 is 17.4 Å². The molecule has 6 heteroatoms. The minimum Gasteiger partial charge on any atom is -0.468 e. The molecule has 0 fully saturated rings. The Kier molecular flexibility index (Phi) is 6.82. The van der Waals surface area contributed by atoms with Crippen LogP contribution in [0.2, 0.25) is 0 Å². The van der Waals surface area contributed by atoms with Crippen molar-refractivity contribution in [1.82, 2.24) is 5.32 Å². The van der Waals surface area contributed by atoms with Crippen molar-refractivity contribution in [3.8, 4) is 0 Å². The molecule has 1 amide bonds. The molecule has 0 atom stereocenters. The summed E-state index contributed by atoms with van der Waals surface area (Å²) >= 11 is 0. The highest BCUT2D eigenvalue weighted by atomic mass is 16.5. The first-order valence-corrected chi connectivity index (χ1v) is 7.20. The van der Waals surface area contributed by atoms with E-state index in [-0.39, 0.29) is 18.7 Å². The summed E-state index contributed by atoms with van der Waals surface area (Å²) in [4.78, 5) is 36.0. The highest BCUT2D eigenvalue weighted by Crippen LogP contribution is 2.32. The van der Waals surface area contributed by atoms with Gasteiger partial charge >= 0.3 is 11.9 Å². The summed E-state index contributed by atoms with van der Waals surface area (Å²) < 4.78 is 9.64. The first kappa shape index (κ1) is 17.9. The van der Waals surface area contributed by atoms with Crippen LogP contribution in [0.5, 0.6) is 0 Å². The molecule has 1 rings (SSSR count). The van der Waals surface area contributed by atoms with Gasteiger partial charge in [0.05, 0.1) is 14.2 Å². The topological polar surface area (TPSA) is 81.7 Å². The Balaban J connectivity index is 3.14. The van der Waals surface area contributed by atoms with Crippen LogP contribution in [-0.2, 0) is 23.9 Å². The summed E-state index contributed by atoms with van der Waals surface area (Å²) in [7, 11) is 2.51. The fourth-order valence-corrected chi connectivity index (χ4v) is 2.28. The van der Waals surface area contributed by atoms with Gasteiger partial charge in [0.25, 0.3) is 0 Å². The minimum absolute atomic E-state index is 0.0230. The molecule has 1 heterocycles. The molecular formula is C16H23NO5. The van der Waals surface area contributed by atoms with Crippen molar-refractivity contribution >= 4 is 17.8 Å². The molecule has 122 valence electrons. The molecule has 1 aliphatic heterocycles. The smallest absolute Gasteiger partial charge is 0.323 e. The van der Waals surface area contributed by atoms with E-state index >= 15 is 0 Å². The molecule has 22 heavy (non-hydrogen) atoms. The van der Waals surface area contributed by atoms with E-state index in [1.807, 2.05) is 6.92 Å². The lowest BCUT2D eigenvalue weighted by Crippen LogP contribution is -2.40. The molecule has 0 saturated heterocycles. The van der Waals surface area contributed by atoms with Gasteiger partial charge in [-0.3, -0.25) is 14.4 Å². The van der Waals surface area contributed by atoms with Gasteiger partial charge in [-0.2, -0.15) is 0 Å². The molecule has 6 nitrogen and oxygen atoms in total. The summed E-state index contributed by atoms with van der Waals surface area (Å²) in [5.74, 6) is -1.26. The molecule has 0 bridgehead atoms. The average Bonchev–Trinajstić information content (AvgIpc) is 2.52. The third-order valence-corrected chi connectivity index (χ3v) is 3.75. The number of methoxy groups -OCH3 is 2. The van der Waals surface area contributed by atoms with Crippen LogP contribution in [0, 0.1) is 5.41 Å². The Labute approximate surface area is 130 Å². The third-order valence-electron chi connectivity index (χ3n) is 3.75. The predicted octanol–water partition coefficient (Wildman–Crippen LogP) is 1.51. The van der Waals surface area contributed by atoms with Crippen molar-refractivity contribution in [1.29, 1.82) is 0 Å². The fourth-order valence-electron chi connectivity index (χ4n) is 2.28. The summed E-state index contributed by atoms with van der Waals surface area (Å²) in [6, 6.07) is 0. The van der Waals surface area contributed by atoms with Gasteiger partial charge in [0.15, 0.2) is 5.41 Å². The van der Waals surface area contributed by atoms with Crippen molar-refractivity contribution in [3.05, 3.63) is 23.8 Å². The summed E-state index contributed by atoms with van der Waals surface area (Å²) in [6.45, 7) is 2.23. The zero-order chi connectivity index (χ0) is 16.6. The van der Waals surface area contributed by atoms with Gasteiger partial charge in [0.1, 0.15) is 0 Å². The maximum atomic E-state index is 12.2. The minimum atomic E-state index is -1.38. The molecule has 1 N–H and O–H groups in total. The van der Waals surface area contributed by atoms with E-state index in [0.29, 0.717) is 19.4 Å². The van der Waals surface area contributed by atoms with Crippen molar-refractivity contribution in [3.63, 3.8) is 0 Å². The highest BCUT2D eigenvalue weighted by molar-refractivity contribution is 6.00. The molecule has 0 radical (unpaired) electrons. The lowest BCUT2D eigenvalue weighted by molar-refractivity contribution is -0.168. The normalized spacial score (nSPS) is 22.9. The molecule has 0 aromatic carbocycles. The number of rotatable bonds is 2. The van der Waals surface area contributed by atoms with Crippen LogP contribution in [0.15, 0.2) is 23.8 Å². The lowest BCUT2D eigenvalue weighted by Gasteiger charge is -2.26. The molecule has 1 aliphatic rings. The molecule has 0 unspecified atom stereocenters. The van der Waals surface area contributed by atoms with E-state index in [9.17, 15) is 14.4 Å². The monoisotopic (exact) mass is 309 g/mol. The lowest BCUT2D eigenvalue weighted by atomic mass is 9.80. The molecule has 0 saturated carbocycles. The Bertz CT molecular complexity index is 477. The standard InChI is InChI=1S/C16H23NO5/c1-12-6-7-13(18)17-11-5-4-9-16(10-8-12,14(19)21-2)15(20)22-3/h4-5,8H,6-7,9-11H2,1-3H3,(H,17,18)/b5-4-,12-8-. The van der Waals surface area contributed by atoms with Crippen molar-refractivity contribution < 1.29 is 23.9 Å². The number of hydrogen-bond donors (Lipinski definition) is 1. The van der Waals surface area contributed by atoms with Crippen LogP contribution in [0.25, 0.3) is 0 Å². The number of nitrogens with one attached hydrogen (secondary N) is 1. The maximum absolute atomic E-state index is 12.2. The second-order valence-electron chi connectivity index (χ2n) is 5.30. The van der Waals surface area contributed by atoms with Crippen LogP contribution < -0.4 is 5.32 Å². The molecule has 0 aromatic rings. The van der Waals surface area contributed by atoms with Gasteiger partial charge in [-0.1, -0.05) is 23.8 Å². The molecule has 0 aromatic heterocycles. The summed E-state index contributed by atoms with van der Waals surface area (Å²) in [5, 5.41) is 2.75. The van der Waals surface area contributed by atoms with Crippen LogP contribution in [-0.4, -0.2) is 38.6 Å². The Morgan fingerprint density at radius 2 is 1.73 bits per heavy atom. The van der Waals surface area contributed by atoms with Gasteiger partial charge in [-0.25, -0.2) is 0 Å². The first-order valence-electron chi connectivity index (χ1n) is 7.20. The van der Waals surface area contributed by atoms with Gasteiger partial charge in [-0.05, 0) is 26.2 Å². The highest BCUT2D eigenvalue weighted by Gasteiger charge is 2.46. The summed E-state index contributed by atoms with van der Waals surface area (Å²) in [5.41, 5.74) is -0.443. The van der Waals surface area contributed by atoms with Crippen LogP contribution >= 0.6 is 0 Å². The quantitative estimate of drug-likeness (QED) is 0.475. The number of ether oxygens (including phenoxy) is 2. The Morgan fingerprint density at radius 1 is 1.09 bits per heavy atom. The third kappa shape index (κ3) is 4.44. The Morgan fingerprint density at radius 3 is 2.32 bits per heavy atom. The molecular weight excluding hydrogens is 286 g/mol. The SMILES string of the molecule is COC(=O)C1(C(=O)OC)C/C=C\CNC(=O)CC/C(C)=C\C1. The van der Waals surface area contributed by atoms with Crippen molar-refractivity contribution in [2.45, 2.75) is 32.6 Å².